The molecular formula is C27H43N5O4S2Si. The maximum absolute atomic E-state index is 13.0. The van der Waals surface area contributed by atoms with Gasteiger partial charge in [-0.2, -0.15) is 0 Å². The molecule has 1 unspecified atom stereocenters. The van der Waals surface area contributed by atoms with Gasteiger partial charge in [0.1, 0.15) is 9.92 Å². The first-order valence-electron chi connectivity index (χ1n) is 12.4. The van der Waals surface area contributed by atoms with E-state index in [0.29, 0.717) is 30.8 Å². The van der Waals surface area contributed by atoms with Crippen LogP contribution in [0, 0.1) is 12.3 Å². The van der Waals surface area contributed by atoms with Gasteiger partial charge in [0.15, 0.2) is 8.24 Å². The third kappa shape index (κ3) is 11.2. The summed E-state index contributed by atoms with van der Waals surface area (Å²) in [6.07, 6.45) is 5.97. The van der Waals surface area contributed by atoms with Crippen LogP contribution in [0.1, 0.15) is 44.7 Å². The van der Waals surface area contributed by atoms with Crippen LogP contribution in [0.2, 0.25) is 18.1 Å². The normalized spacial score (nSPS) is 13.3. The van der Waals surface area contributed by atoms with Gasteiger partial charge in [0, 0.05) is 33.0 Å². The Morgan fingerprint density at radius 2 is 1.49 bits per heavy atom. The number of carbonyl (C=O) groups is 1. The number of carbonyl (C=O) groups excluding carboxylic acids is 1. The lowest BCUT2D eigenvalue weighted by molar-refractivity contribution is -0.130. The molecule has 0 aromatic heterocycles. The smallest absolute Gasteiger partial charge is 0.238 e. The molecule has 2 rings (SSSR count). The minimum Gasteiger partial charge on any atom is -0.341 e. The molecule has 0 fully saturated rings. The molecule has 1 atom stereocenters. The minimum atomic E-state index is -3.55. The molecule has 0 aliphatic heterocycles. The number of benzene rings is 2. The lowest BCUT2D eigenvalue weighted by Gasteiger charge is -2.32. The molecule has 5 N–H and O–H groups in total. The largest absolute Gasteiger partial charge is 0.341 e. The molecule has 0 bridgehead atoms. The topological polar surface area (TPSA) is 148 Å². The molecule has 2 aromatic rings. The summed E-state index contributed by atoms with van der Waals surface area (Å²) in [4.78, 5) is 14.2. The Kier molecular flexibility index (Phi) is 12.6. The van der Waals surface area contributed by atoms with E-state index in [1.54, 1.807) is 36.2 Å². The van der Waals surface area contributed by atoms with Gasteiger partial charge in [-0.05, 0) is 60.6 Å². The highest BCUT2D eigenvalue weighted by molar-refractivity contribution is 7.92. The zero-order valence-corrected chi connectivity index (χ0v) is 26.7. The van der Waals surface area contributed by atoms with Crippen LogP contribution in [-0.4, -0.2) is 45.8 Å². The second-order valence-corrected chi connectivity index (χ2v) is 19.3. The molecule has 0 aliphatic rings. The van der Waals surface area contributed by atoms with Crippen molar-refractivity contribution >= 4 is 34.1 Å². The summed E-state index contributed by atoms with van der Waals surface area (Å²) in [6.45, 7) is 11.6. The summed E-state index contributed by atoms with van der Waals surface area (Å²) in [5.41, 5.74) is 1.96. The van der Waals surface area contributed by atoms with Crippen molar-refractivity contribution in [3.8, 4) is 12.3 Å². The van der Waals surface area contributed by atoms with Crippen molar-refractivity contribution < 1.29 is 17.4 Å². The monoisotopic (exact) mass is 593 g/mol. The second-order valence-electron chi connectivity index (χ2n) is 10.8. The number of sulfonamides is 1. The van der Waals surface area contributed by atoms with Crippen molar-refractivity contribution in [2.45, 2.75) is 74.6 Å². The van der Waals surface area contributed by atoms with E-state index in [2.05, 4.69) is 49.1 Å². The van der Waals surface area contributed by atoms with E-state index < -0.39 is 28.2 Å². The molecule has 0 aliphatic carbocycles. The Morgan fingerprint density at radius 3 is 1.92 bits per heavy atom. The molecule has 39 heavy (non-hydrogen) atoms. The highest BCUT2D eigenvalue weighted by Crippen LogP contribution is 2.37. The Balaban J connectivity index is 0.000000487. The molecule has 0 spiro atoms. The Hall–Kier alpha value is -2.53. The van der Waals surface area contributed by atoms with E-state index in [1.165, 1.54) is 12.1 Å². The Morgan fingerprint density at radius 1 is 1.00 bits per heavy atom. The fourth-order valence-electron chi connectivity index (χ4n) is 3.05. The van der Waals surface area contributed by atoms with E-state index in [-0.39, 0.29) is 15.8 Å². The Bertz CT molecular complexity index is 1370. The average Bonchev–Trinajstić information content (AvgIpc) is 2.82. The number of hydrogen-bond donors (Lipinski definition) is 3. The molecule has 0 saturated carbocycles. The van der Waals surface area contributed by atoms with Crippen LogP contribution < -0.4 is 15.6 Å². The molecule has 0 heterocycles. The lowest BCUT2D eigenvalue weighted by atomic mass is 10.2. The minimum absolute atomic E-state index is 0.00238. The summed E-state index contributed by atoms with van der Waals surface area (Å²) in [7, 11) is -5.06. The molecular weight excluding hydrogens is 551 g/mol. The SMILES string of the molecule is C#CCCC(=O)N(C)Cc1ccc(S(N)(=O)=N[Si](C)(C)C(C)(C)C)cc1.CNCc1ccc(S(N)(=O)=O)cc1. The summed E-state index contributed by atoms with van der Waals surface area (Å²) in [5, 5.41) is 14.0. The van der Waals surface area contributed by atoms with Gasteiger partial charge in [-0.15, -0.1) is 12.3 Å². The number of primary sulfonamides is 1. The first-order chi connectivity index (χ1) is 17.8. The van der Waals surface area contributed by atoms with E-state index in [4.69, 9.17) is 16.7 Å². The number of rotatable bonds is 9. The van der Waals surface area contributed by atoms with Crippen molar-refractivity contribution in [3.63, 3.8) is 0 Å². The fourth-order valence-corrected chi connectivity index (χ4v) is 8.32. The van der Waals surface area contributed by atoms with Gasteiger partial charge in [0.25, 0.3) is 0 Å². The molecule has 9 nitrogen and oxygen atoms in total. The van der Waals surface area contributed by atoms with Crippen LogP contribution in [0.3, 0.4) is 0 Å². The van der Waals surface area contributed by atoms with E-state index in [9.17, 15) is 17.4 Å². The number of hydrogen-bond acceptors (Lipinski definition) is 6. The zero-order chi connectivity index (χ0) is 30.1. The van der Waals surface area contributed by atoms with E-state index in [1.807, 2.05) is 19.2 Å². The number of nitrogens with one attached hydrogen (secondary N) is 1. The third-order valence-electron chi connectivity index (χ3n) is 6.42. The summed E-state index contributed by atoms with van der Waals surface area (Å²) < 4.78 is 39.3. The van der Waals surface area contributed by atoms with Crippen LogP contribution in [-0.2, 0) is 37.8 Å². The molecule has 2 aromatic carbocycles. The average molecular weight is 594 g/mol. The van der Waals surface area contributed by atoms with Crippen LogP contribution in [0.25, 0.3) is 0 Å². The van der Waals surface area contributed by atoms with Gasteiger partial charge in [0.05, 0.1) is 9.79 Å². The molecule has 1 amide bonds. The Labute approximate surface area is 236 Å². The summed E-state index contributed by atoms with van der Waals surface area (Å²) in [5.74, 6) is 2.47. The van der Waals surface area contributed by atoms with Gasteiger partial charge in [-0.3, -0.25) is 8.82 Å². The van der Waals surface area contributed by atoms with Crippen LogP contribution in [0.4, 0.5) is 0 Å². The van der Waals surface area contributed by atoms with Gasteiger partial charge in [-0.25, -0.2) is 22.9 Å². The highest BCUT2D eigenvalue weighted by atomic mass is 32.2. The standard InChI is InChI=1S/C19H31N3O2SSi.C8H12N2O2S/c1-8-9-10-18(23)22(5)15-16-11-13-17(14-12-16)25(20,24)21-26(6,7)19(2,3)4;1-10-6-7-2-4-8(5-3-7)13(9,11)12/h1,11-14H,9-10,15H2,2-7H3,(H2,20,21,24);2-5,10H,6H2,1H3,(H2,9,11,12). The lowest BCUT2D eigenvalue weighted by Crippen LogP contribution is -2.37. The maximum atomic E-state index is 13.0. The third-order valence-corrected chi connectivity index (χ3v) is 14.9. The maximum Gasteiger partial charge on any atom is 0.238 e. The molecule has 0 radical (unpaired) electrons. The predicted octanol–water partition coefficient (Wildman–Crippen LogP) is 3.82. The number of nitrogens with two attached hydrogens (primary N) is 2. The van der Waals surface area contributed by atoms with Crippen LogP contribution in [0.15, 0.2) is 62.4 Å². The molecule has 216 valence electrons. The fraction of sp³-hybridized carbons (Fsp3) is 0.444. The first kappa shape index (κ1) is 34.5. The summed E-state index contributed by atoms with van der Waals surface area (Å²) in [6, 6.07) is 13.6. The number of terminal acetylenes is 1. The van der Waals surface area contributed by atoms with E-state index in [0.717, 1.165) is 11.1 Å². The van der Waals surface area contributed by atoms with Crippen molar-refractivity contribution in [1.82, 2.24) is 10.2 Å². The highest BCUT2D eigenvalue weighted by Gasteiger charge is 2.37. The predicted molar refractivity (Wildman–Crippen MR) is 162 cm³/mol. The first-order valence-corrected chi connectivity index (χ1v) is 18.5. The summed E-state index contributed by atoms with van der Waals surface area (Å²) >= 11 is 0. The van der Waals surface area contributed by atoms with Crippen molar-refractivity contribution in [2.75, 3.05) is 14.1 Å². The zero-order valence-electron chi connectivity index (χ0n) is 24.0. The van der Waals surface area contributed by atoms with Gasteiger partial charge < -0.3 is 10.2 Å². The number of amides is 1. The van der Waals surface area contributed by atoms with Gasteiger partial charge in [0.2, 0.25) is 15.9 Å². The van der Waals surface area contributed by atoms with Gasteiger partial charge in [-0.1, -0.05) is 45.0 Å². The van der Waals surface area contributed by atoms with Gasteiger partial charge >= 0.3 is 0 Å². The van der Waals surface area contributed by atoms with E-state index >= 15 is 0 Å². The molecule has 0 saturated heterocycles. The van der Waals surface area contributed by atoms with Crippen molar-refractivity contribution in [3.05, 3.63) is 59.7 Å². The quantitative estimate of drug-likeness (QED) is 0.299. The number of nitrogens with zero attached hydrogens (tertiary/aromatic N) is 2. The second kappa shape index (κ2) is 14.2. The van der Waals surface area contributed by atoms with Crippen molar-refractivity contribution in [2.24, 2.45) is 14.3 Å². The molecule has 12 heteroatoms. The van der Waals surface area contributed by atoms with Crippen LogP contribution in [0.5, 0.6) is 0 Å². The van der Waals surface area contributed by atoms with Crippen molar-refractivity contribution in [1.29, 1.82) is 0 Å². The van der Waals surface area contributed by atoms with Crippen LogP contribution >= 0.6 is 0 Å².